The van der Waals surface area contributed by atoms with Crippen LogP contribution < -0.4 is 14.8 Å². The van der Waals surface area contributed by atoms with Gasteiger partial charge in [0.15, 0.2) is 0 Å². The predicted molar refractivity (Wildman–Crippen MR) is 121 cm³/mol. The SMILES string of the molecule is COc1cccc(CC(=O)N2CCN(CCC(=O)Nc3cc(Cl)ccc3OC)CC2)c1. The van der Waals surface area contributed by atoms with Crippen LogP contribution in [0.2, 0.25) is 5.02 Å². The molecule has 1 heterocycles. The van der Waals surface area contributed by atoms with Gasteiger partial charge in [-0.3, -0.25) is 14.5 Å². The molecule has 1 fully saturated rings. The first kappa shape index (κ1) is 22.9. The lowest BCUT2D eigenvalue weighted by atomic mass is 10.1. The second kappa shape index (κ2) is 11.0. The van der Waals surface area contributed by atoms with Crippen LogP contribution in [0, 0.1) is 0 Å². The number of hydrogen-bond donors (Lipinski definition) is 1. The summed E-state index contributed by atoms with van der Waals surface area (Å²) in [6, 6.07) is 12.7. The third-order valence-corrected chi connectivity index (χ3v) is 5.54. The molecule has 0 aliphatic carbocycles. The zero-order chi connectivity index (χ0) is 22.2. The van der Waals surface area contributed by atoms with Crippen molar-refractivity contribution in [2.75, 3.05) is 52.3 Å². The van der Waals surface area contributed by atoms with E-state index in [4.69, 9.17) is 21.1 Å². The highest BCUT2D eigenvalue weighted by Gasteiger charge is 2.21. The first-order chi connectivity index (χ1) is 15.0. The maximum atomic E-state index is 12.6. The molecule has 0 radical (unpaired) electrons. The van der Waals surface area contributed by atoms with Gasteiger partial charge in [0.25, 0.3) is 0 Å². The molecule has 0 saturated carbocycles. The second-order valence-electron chi connectivity index (χ2n) is 7.39. The van der Waals surface area contributed by atoms with E-state index in [1.807, 2.05) is 29.2 Å². The van der Waals surface area contributed by atoms with Crippen molar-refractivity contribution in [1.82, 2.24) is 9.80 Å². The highest BCUT2D eigenvalue weighted by molar-refractivity contribution is 6.31. The molecule has 2 aromatic carbocycles. The number of nitrogens with one attached hydrogen (secondary N) is 1. The molecule has 0 aromatic heterocycles. The van der Waals surface area contributed by atoms with Gasteiger partial charge >= 0.3 is 0 Å². The van der Waals surface area contributed by atoms with Gasteiger partial charge in [-0.2, -0.15) is 0 Å². The van der Waals surface area contributed by atoms with Crippen LogP contribution in [0.25, 0.3) is 0 Å². The number of benzene rings is 2. The van der Waals surface area contributed by atoms with E-state index in [0.717, 1.165) is 24.4 Å². The third kappa shape index (κ3) is 6.60. The van der Waals surface area contributed by atoms with Gasteiger partial charge in [-0.15, -0.1) is 0 Å². The lowest BCUT2D eigenvalue weighted by Gasteiger charge is -2.34. The summed E-state index contributed by atoms with van der Waals surface area (Å²) >= 11 is 6.01. The second-order valence-corrected chi connectivity index (χ2v) is 7.83. The Hall–Kier alpha value is -2.77. The molecule has 166 valence electrons. The molecule has 1 aliphatic heterocycles. The summed E-state index contributed by atoms with van der Waals surface area (Å²) in [5.41, 5.74) is 1.51. The molecule has 0 spiro atoms. The number of ether oxygens (including phenoxy) is 2. The summed E-state index contributed by atoms with van der Waals surface area (Å²) in [5, 5.41) is 3.39. The first-order valence-electron chi connectivity index (χ1n) is 10.2. The minimum Gasteiger partial charge on any atom is -0.497 e. The molecule has 2 aromatic rings. The minimum absolute atomic E-state index is 0.0999. The van der Waals surface area contributed by atoms with Crippen molar-refractivity contribution < 1.29 is 19.1 Å². The topological polar surface area (TPSA) is 71.1 Å². The van der Waals surface area contributed by atoms with Gasteiger partial charge in [0.2, 0.25) is 11.8 Å². The van der Waals surface area contributed by atoms with E-state index in [1.54, 1.807) is 32.4 Å². The van der Waals surface area contributed by atoms with Crippen LogP contribution in [-0.2, 0) is 16.0 Å². The lowest BCUT2D eigenvalue weighted by molar-refractivity contribution is -0.132. The van der Waals surface area contributed by atoms with Crippen molar-refractivity contribution >= 4 is 29.1 Å². The van der Waals surface area contributed by atoms with Crippen LogP contribution in [0.5, 0.6) is 11.5 Å². The van der Waals surface area contributed by atoms with E-state index >= 15 is 0 Å². The normalized spacial score (nSPS) is 14.2. The third-order valence-electron chi connectivity index (χ3n) is 5.31. The lowest BCUT2D eigenvalue weighted by Crippen LogP contribution is -2.49. The number of nitrogens with zero attached hydrogens (tertiary/aromatic N) is 2. The van der Waals surface area contributed by atoms with Crippen molar-refractivity contribution in [2.45, 2.75) is 12.8 Å². The fraction of sp³-hybridized carbons (Fsp3) is 0.391. The van der Waals surface area contributed by atoms with Gasteiger partial charge in [0.05, 0.1) is 26.3 Å². The Morgan fingerprint density at radius 1 is 1.03 bits per heavy atom. The molecular formula is C23H28ClN3O4. The fourth-order valence-corrected chi connectivity index (χ4v) is 3.71. The molecule has 7 nitrogen and oxygen atoms in total. The number of halogens is 1. The molecule has 3 rings (SSSR count). The highest BCUT2D eigenvalue weighted by Crippen LogP contribution is 2.27. The van der Waals surface area contributed by atoms with Crippen LogP contribution in [0.1, 0.15) is 12.0 Å². The summed E-state index contributed by atoms with van der Waals surface area (Å²) in [5.74, 6) is 1.33. The smallest absolute Gasteiger partial charge is 0.227 e. The number of carbonyl (C=O) groups is 2. The number of amides is 2. The Kier molecular flexibility index (Phi) is 8.14. The van der Waals surface area contributed by atoms with Crippen molar-refractivity contribution in [3.05, 3.63) is 53.1 Å². The van der Waals surface area contributed by atoms with Gasteiger partial charge in [0, 0.05) is 44.2 Å². The molecule has 1 saturated heterocycles. The Balaban J connectivity index is 1.42. The molecular weight excluding hydrogens is 418 g/mol. The number of anilines is 1. The van der Waals surface area contributed by atoms with Crippen LogP contribution >= 0.6 is 11.6 Å². The molecule has 1 N–H and O–H groups in total. The zero-order valence-electron chi connectivity index (χ0n) is 17.9. The summed E-state index contributed by atoms with van der Waals surface area (Å²) in [6.07, 6.45) is 0.717. The number of hydrogen-bond acceptors (Lipinski definition) is 5. The molecule has 1 aliphatic rings. The van der Waals surface area contributed by atoms with Gasteiger partial charge in [-0.1, -0.05) is 23.7 Å². The number of methoxy groups -OCH3 is 2. The minimum atomic E-state index is -0.0999. The summed E-state index contributed by atoms with van der Waals surface area (Å²) in [6.45, 7) is 3.45. The van der Waals surface area contributed by atoms with Crippen molar-refractivity contribution in [2.24, 2.45) is 0 Å². The van der Waals surface area contributed by atoms with E-state index in [9.17, 15) is 9.59 Å². The van der Waals surface area contributed by atoms with E-state index in [1.165, 1.54) is 0 Å². The van der Waals surface area contributed by atoms with Gasteiger partial charge < -0.3 is 19.7 Å². The molecule has 8 heteroatoms. The standard InChI is InChI=1S/C23H28ClN3O4/c1-30-19-5-3-4-17(14-19)15-23(29)27-12-10-26(11-13-27)9-8-22(28)25-20-16-18(24)6-7-21(20)31-2/h3-7,14,16H,8-13,15H2,1-2H3,(H,25,28). The average molecular weight is 446 g/mol. The molecule has 2 amide bonds. The predicted octanol–water partition coefficient (Wildman–Crippen LogP) is 3.07. The summed E-state index contributed by atoms with van der Waals surface area (Å²) < 4.78 is 10.5. The van der Waals surface area contributed by atoms with E-state index < -0.39 is 0 Å². The monoisotopic (exact) mass is 445 g/mol. The van der Waals surface area contributed by atoms with Gasteiger partial charge in [-0.05, 0) is 35.9 Å². The Morgan fingerprint density at radius 3 is 2.52 bits per heavy atom. The van der Waals surface area contributed by atoms with E-state index in [0.29, 0.717) is 48.9 Å². The van der Waals surface area contributed by atoms with Crippen LogP contribution in [0.3, 0.4) is 0 Å². The average Bonchev–Trinajstić information content (AvgIpc) is 2.78. The molecule has 0 unspecified atom stereocenters. The summed E-state index contributed by atoms with van der Waals surface area (Å²) in [4.78, 5) is 29.0. The number of rotatable bonds is 8. The fourth-order valence-electron chi connectivity index (χ4n) is 3.54. The van der Waals surface area contributed by atoms with Crippen LogP contribution in [0.4, 0.5) is 5.69 Å². The largest absolute Gasteiger partial charge is 0.497 e. The Morgan fingerprint density at radius 2 is 1.81 bits per heavy atom. The number of carbonyl (C=O) groups excluding carboxylic acids is 2. The van der Waals surface area contributed by atoms with Crippen LogP contribution in [-0.4, -0.2) is 68.6 Å². The van der Waals surface area contributed by atoms with Gasteiger partial charge in [-0.25, -0.2) is 0 Å². The highest BCUT2D eigenvalue weighted by atomic mass is 35.5. The van der Waals surface area contributed by atoms with Crippen molar-refractivity contribution in [3.63, 3.8) is 0 Å². The maximum absolute atomic E-state index is 12.6. The van der Waals surface area contributed by atoms with Crippen molar-refractivity contribution in [1.29, 1.82) is 0 Å². The van der Waals surface area contributed by atoms with E-state index in [2.05, 4.69) is 10.2 Å². The van der Waals surface area contributed by atoms with Crippen molar-refractivity contribution in [3.8, 4) is 11.5 Å². The van der Waals surface area contributed by atoms with Crippen LogP contribution in [0.15, 0.2) is 42.5 Å². The van der Waals surface area contributed by atoms with Gasteiger partial charge in [0.1, 0.15) is 11.5 Å². The first-order valence-corrected chi connectivity index (χ1v) is 10.6. The molecule has 31 heavy (non-hydrogen) atoms. The molecule has 0 atom stereocenters. The quantitative estimate of drug-likeness (QED) is 0.676. The molecule has 0 bridgehead atoms. The maximum Gasteiger partial charge on any atom is 0.227 e. The summed E-state index contributed by atoms with van der Waals surface area (Å²) in [7, 11) is 3.17. The zero-order valence-corrected chi connectivity index (χ0v) is 18.7. The Bertz CT molecular complexity index is 913. The Labute approximate surface area is 187 Å². The van der Waals surface area contributed by atoms with E-state index in [-0.39, 0.29) is 11.8 Å². The number of piperazine rings is 1.